The second kappa shape index (κ2) is 9.36. The molecule has 1 aromatic carbocycles. The van der Waals surface area contributed by atoms with E-state index >= 15 is 0 Å². The van der Waals surface area contributed by atoms with Crippen LogP contribution in [0.1, 0.15) is 29.9 Å². The number of rotatable bonds is 6. The Morgan fingerprint density at radius 3 is 2.67 bits per heavy atom. The molecule has 7 heteroatoms. The van der Waals surface area contributed by atoms with Crippen molar-refractivity contribution in [1.82, 2.24) is 14.8 Å². The highest BCUT2D eigenvalue weighted by Gasteiger charge is 2.28. The fraction of sp³-hybridized carbons (Fsp3) is 0.450. The van der Waals surface area contributed by atoms with Gasteiger partial charge >= 0.3 is 0 Å². The van der Waals surface area contributed by atoms with Crippen LogP contribution in [0.2, 0.25) is 0 Å². The quantitative estimate of drug-likeness (QED) is 0.691. The van der Waals surface area contributed by atoms with Crippen LogP contribution in [0.5, 0.6) is 0 Å². The molecule has 5 nitrogen and oxygen atoms in total. The molecule has 1 aliphatic heterocycles. The molecule has 0 bridgehead atoms. The Bertz CT molecular complexity index is 793. The third kappa shape index (κ3) is 4.89. The predicted octanol–water partition coefficient (Wildman–Crippen LogP) is 3.74. The summed E-state index contributed by atoms with van der Waals surface area (Å²) in [6.45, 7) is 6.96. The maximum absolute atomic E-state index is 13.1. The van der Waals surface area contributed by atoms with Gasteiger partial charge in [-0.2, -0.15) is 5.26 Å². The molecule has 1 atom stereocenters. The van der Waals surface area contributed by atoms with Crippen molar-refractivity contribution in [3.8, 4) is 6.07 Å². The van der Waals surface area contributed by atoms with Crippen LogP contribution in [0.3, 0.4) is 0 Å². The smallest absolute Gasteiger partial charge is 0.255 e. The zero-order valence-corrected chi connectivity index (χ0v) is 17.3. The molecule has 142 valence electrons. The first-order valence-corrected chi connectivity index (χ1v) is 11.0. The Balaban J connectivity index is 1.64. The molecule has 3 rings (SSSR count). The Morgan fingerprint density at radius 1 is 1.30 bits per heavy atom. The summed E-state index contributed by atoms with van der Waals surface area (Å²) < 4.78 is 0. The molecule has 1 aliphatic rings. The zero-order chi connectivity index (χ0) is 19.2. The Hall–Kier alpha value is -1.88. The number of thiazole rings is 1. The van der Waals surface area contributed by atoms with E-state index in [9.17, 15) is 10.1 Å². The minimum atomic E-state index is -0.0804. The maximum atomic E-state index is 13.1. The van der Waals surface area contributed by atoms with Crippen LogP contribution in [0.15, 0.2) is 40.1 Å². The Labute approximate surface area is 169 Å². The number of hydrogen-bond acceptors (Lipinski definition) is 6. The molecule has 0 N–H and O–H groups in total. The standard InChI is InChI=1S/C20H24N4OS2/c1-15(2)18(11-21)23-7-9-24(10-8-23)20(25)17-5-3-4-6-19(17)27-13-16-12-26-14-22-16/h3-6,12,14-15,18H,7-10,13H2,1-2H3. The van der Waals surface area contributed by atoms with Gasteiger partial charge in [0.15, 0.2) is 0 Å². The minimum absolute atomic E-state index is 0.0779. The lowest BCUT2D eigenvalue weighted by molar-refractivity contribution is 0.0573. The fourth-order valence-corrected chi connectivity index (χ4v) is 4.87. The number of piperazine rings is 1. The van der Waals surface area contributed by atoms with Gasteiger partial charge in [0.25, 0.3) is 5.91 Å². The summed E-state index contributed by atoms with van der Waals surface area (Å²) in [7, 11) is 0. The third-order valence-electron chi connectivity index (χ3n) is 4.74. The molecule has 1 amide bonds. The summed E-state index contributed by atoms with van der Waals surface area (Å²) in [4.78, 5) is 22.5. The molecular formula is C20H24N4OS2. The second-order valence-electron chi connectivity index (χ2n) is 6.91. The summed E-state index contributed by atoms with van der Waals surface area (Å²) in [5.74, 6) is 1.13. The summed E-state index contributed by atoms with van der Waals surface area (Å²) in [6, 6.07) is 10.1. The van der Waals surface area contributed by atoms with Crippen LogP contribution in [0.25, 0.3) is 0 Å². The van der Waals surface area contributed by atoms with Crippen molar-refractivity contribution in [3.05, 3.63) is 46.4 Å². The molecule has 0 saturated carbocycles. The van der Waals surface area contributed by atoms with Gasteiger partial charge < -0.3 is 4.90 Å². The largest absolute Gasteiger partial charge is 0.336 e. The van der Waals surface area contributed by atoms with E-state index < -0.39 is 0 Å². The van der Waals surface area contributed by atoms with Crippen LogP contribution in [0.4, 0.5) is 0 Å². The molecule has 0 aliphatic carbocycles. The summed E-state index contributed by atoms with van der Waals surface area (Å²) in [6.07, 6.45) is 0. The lowest BCUT2D eigenvalue weighted by Gasteiger charge is -2.38. The van der Waals surface area contributed by atoms with Gasteiger partial charge in [-0.25, -0.2) is 4.98 Å². The van der Waals surface area contributed by atoms with E-state index in [1.165, 1.54) is 0 Å². The van der Waals surface area contributed by atoms with E-state index in [-0.39, 0.29) is 11.9 Å². The number of nitriles is 1. The first-order valence-electron chi connectivity index (χ1n) is 9.12. The topological polar surface area (TPSA) is 60.2 Å². The van der Waals surface area contributed by atoms with Gasteiger partial charge in [-0.15, -0.1) is 23.1 Å². The van der Waals surface area contributed by atoms with Crippen LogP contribution in [-0.4, -0.2) is 52.9 Å². The highest BCUT2D eigenvalue weighted by molar-refractivity contribution is 7.98. The number of aromatic nitrogens is 1. The summed E-state index contributed by atoms with van der Waals surface area (Å²) >= 11 is 3.24. The predicted molar refractivity (Wildman–Crippen MR) is 110 cm³/mol. The van der Waals surface area contributed by atoms with Crippen molar-refractivity contribution < 1.29 is 4.79 Å². The van der Waals surface area contributed by atoms with Gasteiger partial charge in [0.05, 0.1) is 22.8 Å². The van der Waals surface area contributed by atoms with Gasteiger partial charge in [0.2, 0.25) is 0 Å². The first-order chi connectivity index (χ1) is 13.1. The molecule has 1 fully saturated rings. The van der Waals surface area contributed by atoms with Crippen molar-refractivity contribution >= 4 is 29.0 Å². The lowest BCUT2D eigenvalue weighted by atomic mass is 10.0. The van der Waals surface area contributed by atoms with E-state index in [0.717, 1.165) is 35.0 Å². The van der Waals surface area contributed by atoms with Gasteiger partial charge in [-0.3, -0.25) is 9.69 Å². The van der Waals surface area contributed by atoms with E-state index in [1.807, 2.05) is 40.1 Å². The molecule has 27 heavy (non-hydrogen) atoms. The molecule has 2 heterocycles. The second-order valence-corrected chi connectivity index (χ2v) is 8.65. The van der Waals surface area contributed by atoms with E-state index in [2.05, 4.69) is 29.8 Å². The normalized spacial score (nSPS) is 16.3. The van der Waals surface area contributed by atoms with Crippen LogP contribution >= 0.6 is 23.1 Å². The van der Waals surface area contributed by atoms with Crippen molar-refractivity contribution in [2.45, 2.75) is 30.5 Å². The SMILES string of the molecule is CC(C)C(C#N)N1CCN(C(=O)c2ccccc2SCc2cscn2)CC1. The molecule has 1 aromatic heterocycles. The fourth-order valence-electron chi connectivity index (χ4n) is 3.26. The summed E-state index contributed by atoms with van der Waals surface area (Å²) in [5.41, 5.74) is 3.63. The highest BCUT2D eigenvalue weighted by atomic mass is 32.2. The highest BCUT2D eigenvalue weighted by Crippen LogP contribution is 2.27. The number of carbonyl (C=O) groups excluding carboxylic acids is 1. The zero-order valence-electron chi connectivity index (χ0n) is 15.7. The van der Waals surface area contributed by atoms with E-state index in [0.29, 0.717) is 19.0 Å². The third-order valence-corrected chi connectivity index (χ3v) is 6.48. The van der Waals surface area contributed by atoms with Gasteiger partial charge in [-0.1, -0.05) is 26.0 Å². The minimum Gasteiger partial charge on any atom is -0.336 e. The monoisotopic (exact) mass is 400 g/mol. The molecule has 0 radical (unpaired) electrons. The number of hydrogen-bond donors (Lipinski definition) is 0. The van der Waals surface area contributed by atoms with Crippen molar-refractivity contribution in [1.29, 1.82) is 5.26 Å². The van der Waals surface area contributed by atoms with E-state index in [4.69, 9.17) is 0 Å². The van der Waals surface area contributed by atoms with Gasteiger partial charge in [0, 0.05) is 42.2 Å². The van der Waals surface area contributed by atoms with Gasteiger partial charge in [-0.05, 0) is 18.1 Å². The lowest BCUT2D eigenvalue weighted by Crippen LogP contribution is -2.52. The molecule has 1 saturated heterocycles. The first kappa shape index (κ1) is 19.9. The molecule has 1 unspecified atom stereocenters. The van der Waals surface area contributed by atoms with Crippen molar-refractivity contribution in [2.24, 2.45) is 5.92 Å². The average molecular weight is 401 g/mol. The average Bonchev–Trinajstić information content (AvgIpc) is 3.20. The van der Waals surface area contributed by atoms with Crippen LogP contribution < -0.4 is 0 Å². The molecular weight excluding hydrogens is 376 g/mol. The van der Waals surface area contributed by atoms with Crippen molar-refractivity contribution in [2.75, 3.05) is 26.2 Å². The Morgan fingerprint density at radius 2 is 2.04 bits per heavy atom. The number of carbonyl (C=O) groups is 1. The number of amides is 1. The molecule has 0 spiro atoms. The molecule has 2 aromatic rings. The number of benzene rings is 1. The number of thioether (sulfide) groups is 1. The van der Waals surface area contributed by atoms with Gasteiger partial charge in [0.1, 0.15) is 6.04 Å². The van der Waals surface area contributed by atoms with Crippen molar-refractivity contribution in [3.63, 3.8) is 0 Å². The Kier molecular flexibility index (Phi) is 6.89. The maximum Gasteiger partial charge on any atom is 0.255 e. The van der Waals surface area contributed by atoms with Crippen LogP contribution in [0, 0.1) is 17.2 Å². The van der Waals surface area contributed by atoms with Crippen LogP contribution in [-0.2, 0) is 5.75 Å². The van der Waals surface area contributed by atoms with E-state index in [1.54, 1.807) is 23.1 Å². The number of nitrogens with zero attached hydrogens (tertiary/aromatic N) is 4. The summed E-state index contributed by atoms with van der Waals surface area (Å²) in [5, 5.41) is 11.4.